The summed E-state index contributed by atoms with van der Waals surface area (Å²) >= 11 is 7.40. The number of benzene rings is 1. The van der Waals surface area contributed by atoms with Gasteiger partial charge in [0.05, 0.1) is 12.3 Å². The van der Waals surface area contributed by atoms with Crippen LogP contribution in [0.25, 0.3) is 0 Å². The van der Waals surface area contributed by atoms with Gasteiger partial charge in [-0.15, -0.1) is 11.8 Å². The number of halogens is 1. The van der Waals surface area contributed by atoms with Gasteiger partial charge in [0, 0.05) is 42.1 Å². The summed E-state index contributed by atoms with van der Waals surface area (Å²) in [6, 6.07) is 7.69. The summed E-state index contributed by atoms with van der Waals surface area (Å²) in [7, 11) is 0. The third kappa shape index (κ3) is 4.43. The Morgan fingerprint density at radius 1 is 1.29 bits per heavy atom. The largest absolute Gasteiger partial charge is 0.340 e. The van der Waals surface area contributed by atoms with E-state index in [1.54, 1.807) is 0 Å². The van der Waals surface area contributed by atoms with Gasteiger partial charge in [-0.2, -0.15) is 0 Å². The van der Waals surface area contributed by atoms with Crippen LogP contribution in [-0.4, -0.2) is 66.1 Å². The molecule has 1 aromatic rings. The van der Waals surface area contributed by atoms with Gasteiger partial charge >= 0.3 is 0 Å². The van der Waals surface area contributed by atoms with Gasteiger partial charge in [-0.1, -0.05) is 11.6 Å². The van der Waals surface area contributed by atoms with Crippen molar-refractivity contribution in [3.63, 3.8) is 0 Å². The highest BCUT2D eigenvalue weighted by Crippen LogP contribution is 2.22. The van der Waals surface area contributed by atoms with Crippen molar-refractivity contribution in [3.8, 4) is 0 Å². The van der Waals surface area contributed by atoms with Crippen LogP contribution in [0.2, 0.25) is 5.02 Å². The number of piperidine rings is 1. The van der Waals surface area contributed by atoms with Crippen molar-refractivity contribution in [3.05, 3.63) is 29.3 Å². The van der Waals surface area contributed by atoms with E-state index in [0.29, 0.717) is 23.9 Å². The fourth-order valence-electron chi connectivity index (χ4n) is 3.21. The smallest absolute Gasteiger partial charge is 0.236 e. The van der Waals surface area contributed by atoms with Gasteiger partial charge < -0.3 is 15.1 Å². The summed E-state index contributed by atoms with van der Waals surface area (Å²) in [5.41, 5.74) is 0. The van der Waals surface area contributed by atoms with E-state index >= 15 is 0 Å². The van der Waals surface area contributed by atoms with E-state index in [2.05, 4.69) is 5.32 Å². The standard InChI is InChI=1S/C17H22ClN3O2S/c18-13-3-5-15(6-4-13)24-12-17(23)20-8-1-2-14(11-20)21-9-7-19-10-16(21)22/h3-6,14,19H,1-2,7-12H2. The van der Waals surface area contributed by atoms with Crippen LogP contribution in [0.1, 0.15) is 12.8 Å². The molecule has 130 valence electrons. The lowest BCUT2D eigenvalue weighted by Crippen LogP contribution is -2.57. The van der Waals surface area contributed by atoms with Crippen LogP contribution in [0.3, 0.4) is 0 Å². The maximum atomic E-state index is 12.5. The molecule has 0 bridgehead atoms. The Balaban J connectivity index is 1.52. The first-order chi connectivity index (χ1) is 11.6. The van der Waals surface area contributed by atoms with Crippen LogP contribution in [0.5, 0.6) is 0 Å². The molecule has 0 aliphatic carbocycles. The molecule has 2 heterocycles. The molecule has 5 nitrogen and oxygen atoms in total. The zero-order valence-corrected chi connectivity index (χ0v) is 15.1. The summed E-state index contributed by atoms with van der Waals surface area (Å²) in [4.78, 5) is 29.5. The first-order valence-electron chi connectivity index (χ1n) is 8.30. The van der Waals surface area contributed by atoms with E-state index in [1.165, 1.54) is 11.8 Å². The minimum Gasteiger partial charge on any atom is -0.340 e. The molecule has 2 amide bonds. The molecule has 2 aliphatic heterocycles. The fraction of sp³-hybridized carbons (Fsp3) is 0.529. The average molecular weight is 368 g/mol. The lowest BCUT2D eigenvalue weighted by atomic mass is 10.0. The van der Waals surface area contributed by atoms with Crippen LogP contribution >= 0.6 is 23.4 Å². The second-order valence-electron chi connectivity index (χ2n) is 6.14. The summed E-state index contributed by atoms with van der Waals surface area (Å²) in [5, 5.41) is 3.79. The van der Waals surface area contributed by atoms with Crippen LogP contribution in [0.15, 0.2) is 29.2 Å². The van der Waals surface area contributed by atoms with Gasteiger partial charge in [0.1, 0.15) is 0 Å². The van der Waals surface area contributed by atoms with Gasteiger partial charge in [0.2, 0.25) is 11.8 Å². The van der Waals surface area contributed by atoms with Gasteiger partial charge in [-0.25, -0.2) is 0 Å². The number of hydrogen-bond acceptors (Lipinski definition) is 4. The molecule has 1 atom stereocenters. The van der Waals surface area contributed by atoms with Crippen molar-refractivity contribution >= 4 is 35.2 Å². The normalized spacial score (nSPS) is 21.9. The number of hydrogen-bond donors (Lipinski definition) is 1. The third-order valence-electron chi connectivity index (χ3n) is 4.49. The van der Waals surface area contributed by atoms with Crippen molar-refractivity contribution in [1.82, 2.24) is 15.1 Å². The lowest BCUT2D eigenvalue weighted by molar-refractivity contribution is -0.139. The number of likely N-dealkylation sites (tertiary alicyclic amines) is 1. The molecule has 2 fully saturated rings. The maximum Gasteiger partial charge on any atom is 0.236 e. The number of nitrogens with zero attached hydrogens (tertiary/aromatic N) is 2. The molecule has 1 unspecified atom stereocenters. The van der Waals surface area contributed by atoms with E-state index in [4.69, 9.17) is 11.6 Å². The average Bonchev–Trinajstić information content (AvgIpc) is 2.61. The predicted octanol–water partition coefficient (Wildman–Crippen LogP) is 1.85. The van der Waals surface area contributed by atoms with E-state index < -0.39 is 0 Å². The van der Waals surface area contributed by atoms with Crippen LogP contribution in [0, 0.1) is 0 Å². The molecule has 1 N–H and O–H groups in total. The van der Waals surface area contributed by atoms with E-state index in [9.17, 15) is 9.59 Å². The van der Waals surface area contributed by atoms with Crippen molar-refractivity contribution in [2.75, 3.05) is 38.5 Å². The Morgan fingerprint density at radius 2 is 2.08 bits per heavy atom. The lowest BCUT2D eigenvalue weighted by Gasteiger charge is -2.41. The molecule has 7 heteroatoms. The van der Waals surface area contributed by atoms with Gasteiger partial charge in [0.15, 0.2) is 0 Å². The fourth-order valence-corrected chi connectivity index (χ4v) is 4.14. The molecular weight excluding hydrogens is 346 g/mol. The molecule has 2 saturated heterocycles. The second-order valence-corrected chi connectivity index (χ2v) is 7.63. The Morgan fingerprint density at radius 3 is 2.83 bits per heavy atom. The number of amides is 2. The number of thioether (sulfide) groups is 1. The van der Waals surface area contributed by atoms with Gasteiger partial charge in [-0.3, -0.25) is 9.59 Å². The molecule has 3 rings (SSSR count). The Hall–Kier alpha value is -1.24. The summed E-state index contributed by atoms with van der Waals surface area (Å²) in [5.74, 6) is 0.711. The minimum absolute atomic E-state index is 0.141. The molecule has 2 aliphatic rings. The van der Waals surface area contributed by atoms with Gasteiger partial charge in [-0.05, 0) is 37.1 Å². The zero-order chi connectivity index (χ0) is 16.9. The molecular formula is C17H22ClN3O2S. The highest BCUT2D eigenvalue weighted by molar-refractivity contribution is 8.00. The summed E-state index contributed by atoms with van der Waals surface area (Å²) in [6.45, 7) is 3.44. The maximum absolute atomic E-state index is 12.5. The number of piperazine rings is 1. The second kappa shape index (κ2) is 8.23. The highest BCUT2D eigenvalue weighted by Gasteiger charge is 2.31. The summed E-state index contributed by atoms with van der Waals surface area (Å²) in [6.07, 6.45) is 1.94. The Kier molecular flexibility index (Phi) is 6.03. The molecule has 0 radical (unpaired) electrons. The zero-order valence-electron chi connectivity index (χ0n) is 13.5. The number of carbonyl (C=O) groups excluding carboxylic acids is 2. The van der Waals surface area contributed by atoms with Crippen LogP contribution in [-0.2, 0) is 9.59 Å². The molecule has 0 spiro atoms. The first-order valence-corrected chi connectivity index (χ1v) is 9.66. The molecule has 0 saturated carbocycles. The molecule has 1 aromatic carbocycles. The minimum atomic E-state index is 0.141. The summed E-state index contributed by atoms with van der Waals surface area (Å²) < 4.78 is 0. The van der Waals surface area contributed by atoms with Crippen molar-refractivity contribution in [1.29, 1.82) is 0 Å². The SMILES string of the molecule is O=C(CSc1ccc(Cl)cc1)N1CCCC(N2CCNCC2=O)C1. The van der Waals surface area contributed by atoms with Crippen molar-refractivity contribution in [2.24, 2.45) is 0 Å². The van der Waals surface area contributed by atoms with Crippen molar-refractivity contribution < 1.29 is 9.59 Å². The highest BCUT2D eigenvalue weighted by atomic mass is 35.5. The third-order valence-corrected chi connectivity index (χ3v) is 5.74. The Labute approximate surface area is 151 Å². The quantitative estimate of drug-likeness (QED) is 0.825. The number of carbonyl (C=O) groups is 2. The Bertz CT molecular complexity index is 596. The van der Waals surface area contributed by atoms with E-state index in [0.717, 1.165) is 37.4 Å². The van der Waals surface area contributed by atoms with E-state index in [1.807, 2.05) is 34.1 Å². The molecule has 24 heavy (non-hydrogen) atoms. The van der Waals surface area contributed by atoms with E-state index in [-0.39, 0.29) is 17.9 Å². The monoisotopic (exact) mass is 367 g/mol. The number of rotatable bonds is 4. The predicted molar refractivity (Wildman–Crippen MR) is 96.4 cm³/mol. The number of nitrogens with one attached hydrogen (secondary N) is 1. The first kappa shape index (κ1) is 17.6. The van der Waals surface area contributed by atoms with Crippen LogP contribution in [0.4, 0.5) is 0 Å². The van der Waals surface area contributed by atoms with Crippen molar-refractivity contribution in [2.45, 2.75) is 23.8 Å². The molecule has 0 aromatic heterocycles. The van der Waals surface area contributed by atoms with Gasteiger partial charge in [0.25, 0.3) is 0 Å². The van der Waals surface area contributed by atoms with Crippen LogP contribution < -0.4 is 5.32 Å². The topological polar surface area (TPSA) is 52.7 Å².